The fraction of sp³-hybridized carbons (Fsp3) is 0.125. The van der Waals surface area contributed by atoms with Gasteiger partial charge in [-0.3, -0.25) is 0 Å². The summed E-state index contributed by atoms with van der Waals surface area (Å²) in [7, 11) is 1.61. The first-order valence-electron chi connectivity index (χ1n) is 3.14. The number of methoxy groups -OCH3 is 1. The SMILES string of the molecule is CO/C=C/c1cccnc1Br. The van der Waals surface area contributed by atoms with Crippen LogP contribution in [0.3, 0.4) is 0 Å². The van der Waals surface area contributed by atoms with Crippen LogP contribution >= 0.6 is 15.9 Å². The van der Waals surface area contributed by atoms with Crippen LogP contribution in [-0.2, 0) is 4.74 Å². The molecule has 0 aromatic carbocycles. The van der Waals surface area contributed by atoms with Crippen LogP contribution in [0, 0.1) is 0 Å². The van der Waals surface area contributed by atoms with Crippen molar-refractivity contribution in [2.45, 2.75) is 0 Å². The second-order valence-corrected chi connectivity index (χ2v) is 2.67. The van der Waals surface area contributed by atoms with Crippen molar-refractivity contribution in [1.82, 2.24) is 4.98 Å². The number of hydrogen-bond acceptors (Lipinski definition) is 2. The Hall–Kier alpha value is -0.830. The second-order valence-electron chi connectivity index (χ2n) is 1.92. The molecular weight excluding hydrogens is 206 g/mol. The summed E-state index contributed by atoms with van der Waals surface area (Å²) >= 11 is 3.31. The van der Waals surface area contributed by atoms with Gasteiger partial charge in [0.15, 0.2) is 0 Å². The van der Waals surface area contributed by atoms with Gasteiger partial charge in [-0.05, 0) is 28.1 Å². The van der Waals surface area contributed by atoms with Gasteiger partial charge in [0.05, 0.1) is 13.4 Å². The molecule has 0 amide bonds. The van der Waals surface area contributed by atoms with Gasteiger partial charge in [-0.1, -0.05) is 6.07 Å². The first kappa shape index (κ1) is 8.27. The maximum atomic E-state index is 4.77. The van der Waals surface area contributed by atoms with Gasteiger partial charge in [-0.25, -0.2) is 4.98 Å². The molecule has 0 N–H and O–H groups in total. The van der Waals surface area contributed by atoms with Crippen molar-refractivity contribution >= 4 is 22.0 Å². The van der Waals surface area contributed by atoms with E-state index in [1.54, 1.807) is 19.6 Å². The average molecular weight is 214 g/mol. The van der Waals surface area contributed by atoms with E-state index >= 15 is 0 Å². The van der Waals surface area contributed by atoms with Gasteiger partial charge in [0.1, 0.15) is 4.60 Å². The van der Waals surface area contributed by atoms with Gasteiger partial charge in [-0.2, -0.15) is 0 Å². The molecule has 0 radical (unpaired) electrons. The van der Waals surface area contributed by atoms with Crippen LogP contribution in [0.4, 0.5) is 0 Å². The molecule has 0 aliphatic carbocycles. The summed E-state index contributed by atoms with van der Waals surface area (Å²) in [6.45, 7) is 0. The zero-order valence-electron chi connectivity index (χ0n) is 6.12. The highest BCUT2D eigenvalue weighted by Gasteiger charge is 1.92. The van der Waals surface area contributed by atoms with E-state index in [1.165, 1.54) is 0 Å². The lowest BCUT2D eigenvalue weighted by atomic mass is 10.3. The molecule has 0 bridgehead atoms. The summed E-state index contributed by atoms with van der Waals surface area (Å²) in [6.07, 6.45) is 5.19. The summed E-state index contributed by atoms with van der Waals surface area (Å²) in [5.41, 5.74) is 1.01. The molecule has 1 aromatic heterocycles. The predicted molar refractivity (Wildman–Crippen MR) is 48.0 cm³/mol. The summed E-state index contributed by atoms with van der Waals surface area (Å²) in [5.74, 6) is 0. The first-order valence-corrected chi connectivity index (χ1v) is 3.94. The predicted octanol–water partition coefficient (Wildman–Crippen LogP) is 2.46. The normalized spacial score (nSPS) is 10.4. The standard InChI is InChI=1S/C8H8BrNO/c1-11-6-4-7-3-2-5-10-8(7)9/h2-6H,1H3/b6-4+. The van der Waals surface area contributed by atoms with Crippen molar-refractivity contribution in [1.29, 1.82) is 0 Å². The smallest absolute Gasteiger partial charge is 0.113 e. The molecule has 2 nitrogen and oxygen atoms in total. The van der Waals surface area contributed by atoms with Gasteiger partial charge in [-0.15, -0.1) is 0 Å². The van der Waals surface area contributed by atoms with Crippen LogP contribution in [-0.4, -0.2) is 12.1 Å². The number of hydrogen-bond donors (Lipinski definition) is 0. The van der Waals surface area contributed by atoms with Crippen molar-refractivity contribution in [3.8, 4) is 0 Å². The maximum absolute atomic E-state index is 4.77. The molecule has 11 heavy (non-hydrogen) atoms. The lowest BCUT2D eigenvalue weighted by Gasteiger charge is -1.94. The number of pyridine rings is 1. The molecule has 0 aliphatic rings. The minimum absolute atomic E-state index is 0.827. The highest BCUT2D eigenvalue weighted by molar-refractivity contribution is 9.10. The summed E-state index contributed by atoms with van der Waals surface area (Å²) < 4.78 is 5.60. The molecule has 0 fully saturated rings. The Bertz CT molecular complexity index is 260. The van der Waals surface area contributed by atoms with Crippen molar-refractivity contribution in [3.63, 3.8) is 0 Å². The first-order chi connectivity index (χ1) is 5.34. The third kappa shape index (κ3) is 2.35. The van der Waals surface area contributed by atoms with Gasteiger partial charge < -0.3 is 4.74 Å². The van der Waals surface area contributed by atoms with E-state index < -0.39 is 0 Å². The molecule has 0 unspecified atom stereocenters. The summed E-state index contributed by atoms with van der Waals surface area (Å²) in [4.78, 5) is 4.04. The van der Waals surface area contributed by atoms with E-state index in [-0.39, 0.29) is 0 Å². The number of nitrogens with zero attached hydrogens (tertiary/aromatic N) is 1. The van der Waals surface area contributed by atoms with Crippen molar-refractivity contribution in [2.75, 3.05) is 7.11 Å². The molecule has 0 atom stereocenters. The molecule has 0 saturated carbocycles. The Morgan fingerprint density at radius 2 is 2.45 bits per heavy atom. The third-order valence-electron chi connectivity index (χ3n) is 1.17. The van der Waals surface area contributed by atoms with E-state index in [0.717, 1.165) is 10.2 Å². The van der Waals surface area contributed by atoms with Crippen LogP contribution in [0.2, 0.25) is 0 Å². The Morgan fingerprint density at radius 1 is 1.64 bits per heavy atom. The number of ether oxygens (including phenoxy) is 1. The monoisotopic (exact) mass is 213 g/mol. The Labute approximate surface area is 74.0 Å². The Balaban J connectivity index is 2.86. The van der Waals surface area contributed by atoms with Crippen LogP contribution in [0.5, 0.6) is 0 Å². The van der Waals surface area contributed by atoms with Crippen LogP contribution in [0.25, 0.3) is 6.08 Å². The molecule has 1 heterocycles. The highest BCUT2D eigenvalue weighted by Crippen LogP contribution is 2.13. The fourth-order valence-corrected chi connectivity index (χ4v) is 1.05. The topological polar surface area (TPSA) is 22.1 Å². The van der Waals surface area contributed by atoms with Crippen LogP contribution in [0.1, 0.15) is 5.56 Å². The number of aromatic nitrogens is 1. The van der Waals surface area contributed by atoms with Gasteiger partial charge >= 0.3 is 0 Å². The van der Waals surface area contributed by atoms with E-state index in [9.17, 15) is 0 Å². The fourth-order valence-electron chi connectivity index (χ4n) is 0.664. The van der Waals surface area contributed by atoms with E-state index in [1.807, 2.05) is 18.2 Å². The van der Waals surface area contributed by atoms with Crippen LogP contribution in [0.15, 0.2) is 29.2 Å². The third-order valence-corrected chi connectivity index (χ3v) is 1.83. The summed E-state index contributed by atoms with van der Waals surface area (Å²) in [6, 6.07) is 3.83. The van der Waals surface area contributed by atoms with E-state index in [4.69, 9.17) is 4.74 Å². The van der Waals surface area contributed by atoms with E-state index in [2.05, 4.69) is 20.9 Å². The zero-order chi connectivity index (χ0) is 8.10. The van der Waals surface area contributed by atoms with Gasteiger partial charge in [0, 0.05) is 11.8 Å². The second kappa shape index (κ2) is 4.13. The summed E-state index contributed by atoms with van der Waals surface area (Å²) in [5, 5.41) is 0. The van der Waals surface area contributed by atoms with Crippen molar-refractivity contribution in [3.05, 3.63) is 34.8 Å². The molecule has 0 aliphatic heterocycles. The molecule has 58 valence electrons. The minimum Gasteiger partial charge on any atom is -0.504 e. The molecule has 0 saturated heterocycles. The quantitative estimate of drug-likeness (QED) is 0.557. The lowest BCUT2D eigenvalue weighted by molar-refractivity contribution is 0.341. The lowest BCUT2D eigenvalue weighted by Crippen LogP contribution is -1.78. The molecule has 0 spiro atoms. The number of rotatable bonds is 2. The molecule has 1 rings (SSSR count). The van der Waals surface area contributed by atoms with Crippen LogP contribution < -0.4 is 0 Å². The van der Waals surface area contributed by atoms with Crippen molar-refractivity contribution in [2.24, 2.45) is 0 Å². The molecule has 1 aromatic rings. The average Bonchev–Trinajstić information content (AvgIpc) is 2.03. The highest BCUT2D eigenvalue weighted by atomic mass is 79.9. The van der Waals surface area contributed by atoms with Crippen molar-refractivity contribution < 1.29 is 4.74 Å². The van der Waals surface area contributed by atoms with Gasteiger partial charge in [0.2, 0.25) is 0 Å². The minimum atomic E-state index is 0.827. The Kier molecular flexibility index (Phi) is 3.11. The number of halogens is 1. The molecular formula is C8H8BrNO. The maximum Gasteiger partial charge on any atom is 0.113 e. The van der Waals surface area contributed by atoms with E-state index in [0.29, 0.717) is 0 Å². The Morgan fingerprint density at radius 3 is 3.09 bits per heavy atom. The zero-order valence-corrected chi connectivity index (χ0v) is 7.71. The van der Waals surface area contributed by atoms with Gasteiger partial charge in [0.25, 0.3) is 0 Å². The largest absolute Gasteiger partial charge is 0.504 e. The molecule has 3 heteroatoms.